The summed E-state index contributed by atoms with van der Waals surface area (Å²) in [4.78, 5) is 14.5. The van der Waals surface area contributed by atoms with Crippen LogP contribution in [-0.4, -0.2) is 11.3 Å². The number of aromatic amines is 1. The van der Waals surface area contributed by atoms with Gasteiger partial charge in [0.05, 0.1) is 11.2 Å². The van der Waals surface area contributed by atoms with Gasteiger partial charge in [0.1, 0.15) is 5.82 Å². The molecule has 0 radical (unpaired) electrons. The van der Waals surface area contributed by atoms with Gasteiger partial charge in [0.2, 0.25) is 0 Å². The number of hydrogen-bond acceptors (Lipinski definition) is 1. The minimum atomic E-state index is -0.331. The van der Waals surface area contributed by atoms with E-state index in [1.165, 1.54) is 6.07 Å². The molecule has 0 fully saturated rings. The van der Waals surface area contributed by atoms with Crippen LogP contribution in [0.25, 0.3) is 22.2 Å². The molecule has 2 aromatic carbocycles. The highest BCUT2D eigenvalue weighted by Crippen LogP contribution is 2.32. The molecule has 1 heterocycles. The number of carbonyl (C=O) groups excluding carboxylic acids is 1. The van der Waals surface area contributed by atoms with Crippen molar-refractivity contribution in [1.29, 1.82) is 0 Å². The molecule has 100 valence electrons. The SMILES string of the molecule is Cc1cc(F)c2[nH]c(-c3ccccc3C)c(C=O)c2c1. The molecular weight excluding hydrogens is 253 g/mol. The van der Waals surface area contributed by atoms with E-state index >= 15 is 0 Å². The monoisotopic (exact) mass is 267 g/mol. The standard InChI is InChI=1S/C17H14FNO/c1-10-7-13-14(9-20)16(19-17(13)15(18)8-10)12-6-4-3-5-11(12)2/h3-9,19H,1-2H3. The fourth-order valence-corrected chi connectivity index (χ4v) is 2.60. The van der Waals surface area contributed by atoms with E-state index < -0.39 is 0 Å². The third-order valence-electron chi connectivity index (χ3n) is 3.58. The quantitative estimate of drug-likeness (QED) is 0.686. The summed E-state index contributed by atoms with van der Waals surface area (Å²) in [5.41, 5.74) is 4.33. The lowest BCUT2D eigenvalue weighted by Crippen LogP contribution is -1.87. The molecule has 3 heteroatoms. The van der Waals surface area contributed by atoms with Crippen LogP contribution >= 0.6 is 0 Å². The second-order valence-corrected chi connectivity index (χ2v) is 5.02. The Balaban J connectivity index is 2.40. The Morgan fingerprint density at radius 2 is 1.90 bits per heavy atom. The number of aryl methyl sites for hydroxylation is 2. The number of H-pyrrole nitrogens is 1. The molecule has 0 saturated heterocycles. The van der Waals surface area contributed by atoms with Gasteiger partial charge in [0.25, 0.3) is 0 Å². The predicted molar refractivity (Wildman–Crippen MR) is 78.6 cm³/mol. The Kier molecular flexibility index (Phi) is 2.90. The van der Waals surface area contributed by atoms with E-state index in [-0.39, 0.29) is 5.82 Å². The summed E-state index contributed by atoms with van der Waals surface area (Å²) in [5.74, 6) is -0.331. The van der Waals surface area contributed by atoms with Crippen LogP contribution < -0.4 is 0 Å². The molecule has 3 aromatic rings. The predicted octanol–water partition coefficient (Wildman–Crippen LogP) is 4.40. The molecule has 0 spiro atoms. The smallest absolute Gasteiger partial charge is 0.152 e. The zero-order valence-electron chi connectivity index (χ0n) is 11.3. The highest BCUT2D eigenvalue weighted by Gasteiger charge is 2.16. The van der Waals surface area contributed by atoms with E-state index in [9.17, 15) is 9.18 Å². The molecule has 0 aliphatic rings. The molecule has 0 saturated carbocycles. The lowest BCUT2D eigenvalue weighted by molar-refractivity contribution is 0.112. The van der Waals surface area contributed by atoms with Crippen LogP contribution in [0.1, 0.15) is 21.5 Å². The van der Waals surface area contributed by atoms with Gasteiger partial charge in [0.15, 0.2) is 6.29 Å². The van der Waals surface area contributed by atoms with Gasteiger partial charge in [-0.1, -0.05) is 24.3 Å². The lowest BCUT2D eigenvalue weighted by atomic mass is 10.0. The Bertz CT molecular complexity index is 817. The molecule has 0 atom stereocenters. The van der Waals surface area contributed by atoms with Gasteiger partial charge in [0, 0.05) is 16.5 Å². The highest BCUT2D eigenvalue weighted by atomic mass is 19.1. The molecule has 0 aliphatic carbocycles. The topological polar surface area (TPSA) is 32.9 Å². The van der Waals surface area contributed by atoms with Crippen molar-refractivity contribution in [3.63, 3.8) is 0 Å². The van der Waals surface area contributed by atoms with Gasteiger partial charge in [-0.2, -0.15) is 0 Å². The number of aromatic nitrogens is 1. The minimum absolute atomic E-state index is 0.331. The zero-order valence-corrected chi connectivity index (χ0v) is 11.3. The van der Waals surface area contributed by atoms with Crippen LogP contribution in [0, 0.1) is 19.7 Å². The van der Waals surface area contributed by atoms with Gasteiger partial charge < -0.3 is 4.98 Å². The Morgan fingerprint density at radius 3 is 2.60 bits per heavy atom. The molecule has 1 N–H and O–H groups in total. The average molecular weight is 267 g/mol. The van der Waals surface area contributed by atoms with E-state index in [2.05, 4.69) is 4.98 Å². The fourth-order valence-electron chi connectivity index (χ4n) is 2.60. The van der Waals surface area contributed by atoms with E-state index in [1.807, 2.05) is 44.2 Å². The molecule has 0 amide bonds. The van der Waals surface area contributed by atoms with Crippen LogP contribution in [-0.2, 0) is 0 Å². The molecule has 0 aliphatic heterocycles. The number of carbonyl (C=O) groups is 1. The maximum absolute atomic E-state index is 14.0. The van der Waals surface area contributed by atoms with Crippen LogP contribution in [0.15, 0.2) is 36.4 Å². The summed E-state index contributed by atoms with van der Waals surface area (Å²) in [6.45, 7) is 3.79. The van der Waals surface area contributed by atoms with Gasteiger partial charge in [-0.25, -0.2) is 4.39 Å². The maximum atomic E-state index is 14.0. The first-order valence-electron chi connectivity index (χ1n) is 6.45. The van der Waals surface area contributed by atoms with Crippen molar-refractivity contribution in [2.75, 3.05) is 0 Å². The minimum Gasteiger partial charge on any atom is -0.352 e. The summed E-state index contributed by atoms with van der Waals surface area (Å²) in [5, 5.41) is 0.635. The number of nitrogens with one attached hydrogen (secondary N) is 1. The molecular formula is C17H14FNO. The summed E-state index contributed by atoms with van der Waals surface area (Å²) >= 11 is 0. The van der Waals surface area contributed by atoms with E-state index in [0.717, 1.165) is 23.0 Å². The van der Waals surface area contributed by atoms with Crippen molar-refractivity contribution in [1.82, 2.24) is 4.98 Å². The Hall–Kier alpha value is -2.42. The largest absolute Gasteiger partial charge is 0.352 e. The van der Waals surface area contributed by atoms with Crippen LogP contribution in [0.5, 0.6) is 0 Å². The molecule has 20 heavy (non-hydrogen) atoms. The third-order valence-corrected chi connectivity index (χ3v) is 3.58. The normalized spacial score (nSPS) is 10.9. The highest BCUT2D eigenvalue weighted by molar-refractivity contribution is 6.05. The first-order chi connectivity index (χ1) is 9.61. The van der Waals surface area contributed by atoms with Crippen LogP contribution in [0.4, 0.5) is 4.39 Å². The van der Waals surface area contributed by atoms with Crippen molar-refractivity contribution in [3.8, 4) is 11.3 Å². The third kappa shape index (κ3) is 1.83. The molecule has 0 unspecified atom stereocenters. The van der Waals surface area contributed by atoms with E-state index in [4.69, 9.17) is 0 Å². The molecule has 0 bridgehead atoms. The van der Waals surface area contributed by atoms with Gasteiger partial charge in [-0.3, -0.25) is 4.79 Å². The number of fused-ring (bicyclic) bond motifs is 1. The van der Waals surface area contributed by atoms with Crippen molar-refractivity contribution < 1.29 is 9.18 Å². The van der Waals surface area contributed by atoms with E-state index in [1.54, 1.807) is 0 Å². The summed E-state index contributed by atoms with van der Waals surface area (Å²) in [6, 6.07) is 11.0. The van der Waals surface area contributed by atoms with Gasteiger partial charge >= 0.3 is 0 Å². The van der Waals surface area contributed by atoms with Crippen molar-refractivity contribution in [3.05, 3.63) is 58.9 Å². The molecule has 3 rings (SSSR count). The van der Waals surface area contributed by atoms with Crippen molar-refractivity contribution in [2.24, 2.45) is 0 Å². The fraction of sp³-hybridized carbons (Fsp3) is 0.118. The summed E-state index contributed by atoms with van der Waals surface area (Å²) < 4.78 is 14.0. The lowest BCUT2D eigenvalue weighted by Gasteiger charge is -2.03. The maximum Gasteiger partial charge on any atom is 0.152 e. The number of halogens is 1. The first kappa shape index (κ1) is 12.6. The van der Waals surface area contributed by atoms with Crippen LogP contribution in [0.2, 0.25) is 0 Å². The van der Waals surface area contributed by atoms with Gasteiger partial charge in [-0.05, 0) is 37.1 Å². The number of aldehydes is 1. The second kappa shape index (κ2) is 4.60. The average Bonchev–Trinajstić information content (AvgIpc) is 2.77. The van der Waals surface area contributed by atoms with Crippen molar-refractivity contribution >= 4 is 17.2 Å². The summed E-state index contributed by atoms with van der Waals surface area (Å²) in [7, 11) is 0. The Morgan fingerprint density at radius 1 is 1.15 bits per heavy atom. The number of rotatable bonds is 2. The number of benzene rings is 2. The zero-order chi connectivity index (χ0) is 14.3. The summed E-state index contributed by atoms with van der Waals surface area (Å²) in [6.07, 6.45) is 0.791. The second-order valence-electron chi connectivity index (χ2n) is 5.02. The van der Waals surface area contributed by atoms with Crippen molar-refractivity contribution in [2.45, 2.75) is 13.8 Å². The Labute approximate surface area is 116 Å². The number of hydrogen-bond donors (Lipinski definition) is 1. The van der Waals surface area contributed by atoms with Gasteiger partial charge in [-0.15, -0.1) is 0 Å². The van der Waals surface area contributed by atoms with E-state index in [0.29, 0.717) is 22.2 Å². The molecule has 1 aromatic heterocycles. The first-order valence-corrected chi connectivity index (χ1v) is 6.45. The van der Waals surface area contributed by atoms with Crippen LogP contribution in [0.3, 0.4) is 0 Å². The molecule has 2 nitrogen and oxygen atoms in total.